The summed E-state index contributed by atoms with van der Waals surface area (Å²) in [5.41, 5.74) is 4.07. The molecule has 5 rings (SSSR count). The summed E-state index contributed by atoms with van der Waals surface area (Å²) in [5.74, 6) is 3.21. The second-order valence-electron chi connectivity index (χ2n) is 8.55. The van der Waals surface area contributed by atoms with E-state index in [1.54, 1.807) is 20.5 Å². The van der Waals surface area contributed by atoms with Crippen LogP contribution in [0.3, 0.4) is 0 Å². The Morgan fingerprint density at radius 2 is 1.42 bits per heavy atom. The van der Waals surface area contributed by atoms with E-state index in [2.05, 4.69) is 44.0 Å². The van der Waals surface area contributed by atoms with E-state index in [-0.39, 0.29) is 0 Å². The molecule has 2 heterocycles. The summed E-state index contributed by atoms with van der Waals surface area (Å²) in [5, 5.41) is 0. The van der Waals surface area contributed by atoms with Crippen LogP contribution >= 0.6 is 0 Å². The smallest absolute Gasteiger partial charge is 0.162 e. The molecule has 0 bridgehead atoms. The van der Waals surface area contributed by atoms with E-state index in [0.717, 1.165) is 71.8 Å². The SMILES string of the molecule is COc1ccc(N2CCN(c3cc(-c4ccccc4OCc4ccccc4)ncn3)CC2)cc1OC. The average Bonchev–Trinajstić information content (AvgIpc) is 2.96. The molecule has 4 aromatic rings. The maximum atomic E-state index is 6.16. The first-order valence-corrected chi connectivity index (χ1v) is 12.1. The zero-order valence-electron chi connectivity index (χ0n) is 20.6. The Morgan fingerprint density at radius 1 is 0.694 bits per heavy atom. The van der Waals surface area contributed by atoms with Gasteiger partial charge in [0.1, 0.15) is 24.5 Å². The molecule has 0 amide bonds. The topological polar surface area (TPSA) is 60.0 Å². The molecule has 1 aliphatic rings. The van der Waals surface area contributed by atoms with Gasteiger partial charge in [-0.05, 0) is 29.8 Å². The molecule has 7 nitrogen and oxygen atoms in total. The number of ether oxygens (including phenoxy) is 3. The van der Waals surface area contributed by atoms with Crippen molar-refractivity contribution in [2.45, 2.75) is 6.61 Å². The molecule has 36 heavy (non-hydrogen) atoms. The van der Waals surface area contributed by atoms with E-state index in [1.165, 1.54) is 0 Å². The first kappa shape index (κ1) is 23.5. The summed E-state index contributed by atoms with van der Waals surface area (Å²) in [6.07, 6.45) is 1.64. The number of anilines is 2. The van der Waals surface area contributed by atoms with Gasteiger partial charge in [0, 0.05) is 49.6 Å². The number of benzene rings is 3. The van der Waals surface area contributed by atoms with Crippen molar-refractivity contribution in [2.24, 2.45) is 0 Å². The van der Waals surface area contributed by atoms with Crippen molar-refractivity contribution in [3.63, 3.8) is 0 Å². The maximum Gasteiger partial charge on any atom is 0.162 e. The lowest BCUT2D eigenvalue weighted by Gasteiger charge is -2.37. The minimum Gasteiger partial charge on any atom is -0.493 e. The third-order valence-corrected chi connectivity index (χ3v) is 6.39. The fourth-order valence-electron chi connectivity index (χ4n) is 4.42. The number of aromatic nitrogens is 2. The van der Waals surface area contributed by atoms with Crippen molar-refractivity contribution in [3.05, 3.63) is 90.8 Å². The quantitative estimate of drug-likeness (QED) is 0.348. The maximum absolute atomic E-state index is 6.16. The van der Waals surface area contributed by atoms with Gasteiger partial charge in [-0.25, -0.2) is 9.97 Å². The molecule has 1 fully saturated rings. The van der Waals surface area contributed by atoms with Gasteiger partial charge in [-0.15, -0.1) is 0 Å². The van der Waals surface area contributed by atoms with Gasteiger partial charge in [0.15, 0.2) is 11.5 Å². The number of rotatable bonds is 8. The normalized spacial score (nSPS) is 13.4. The summed E-state index contributed by atoms with van der Waals surface area (Å²) >= 11 is 0. The second-order valence-corrected chi connectivity index (χ2v) is 8.55. The van der Waals surface area contributed by atoms with E-state index in [0.29, 0.717) is 6.61 Å². The van der Waals surface area contributed by atoms with Crippen LogP contribution in [0.2, 0.25) is 0 Å². The van der Waals surface area contributed by atoms with E-state index >= 15 is 0 Å². The van der Waals surface area contributed by atoms with Crippen LogP contribution in [0.5, 0.6) is 17.2 Å². The molecule has 184 valence electrons. The molecule has 0 aliphatic carbocycles. The average molecular weight is 483 g/mol. The Hall–Kier alpha value is -4.26. The van der Waals surface area contributed by atoms with Gasteiger partial charge in [-0.3, -0.25) is 0 Å². The number of methoxy groups -OCH3 is 2. The van der Waals surface area contributed by atoms with Crippen LogP contribution < -0.4 is 24.0 Å². The van der Waals surface area contributed by atoms with Gasteiger partial charge in [0.05, 0.1) is 19.9 Å². The predicted molar refractivity (Wildman–Crippen MR) is 142 cm³/mol. The minimum atomic E-state index is 0.508. The Balaban J connectivity index is 1.28. The molecule has 0 atom stereocenters. The molecule has 7 heteroatoms. The van der Waals surface area contributed by atoms with E-state index < -0.39 is 0 Å². The molecule has 1 saturated heterocycles. The standard InChI is InChI=1S/C29H30N4O3/c1-34-27-13-12-23(18-28(27)35-2)32-14-16-33(17-15-32)29-19-25(30-21-31-29)24-10-6-7-11-26(24)36-20-22-8-4-3-5-9-22/h3-13,18-19,21H,14-17,20H2,1-2H3. The molecule has 0 radical (unpaired) electrons. The molecule has 0 spiro atoms. The molecular formula is C29H30N4O3. The molecule has 1 aromatic heterocycles. The van der Waals surface area contributed by atoms with Crippen molar-refractivity contribution in [1.29, 1.82) is 0 Å². The Kier molecular flexibility index (Phi) is 7.17. The Labute approximate surface area is 211 Å². The highest BCUT2D eigenvalue weighted by atomic mass is 16.5. The highest BCUT2D eigenvalue weighted by Crippen LogP contribution is 2.33. The zero-order chi connectivity index (χ0) is 24.7. The van der Waals surface area contributed by atoms with Crippen LogP contribution in [0, 0.1) is 0 Å². The molecule has 1 aliphatic heterocycles. The lowest BCUT2D eigenvalue weighted by atomic mass is 10.1. The molecule has 0 unspecified atom stereocenters. The van der Waals surface area contributed by atoms with Crippen LogP contribution in [0.25, 0.3) is 11.3 Å². The third-order valence-electron chi connectivity index (χ3n) is 6.39. The van der Waals surface area contributed by atoms with Gasteiger partial charge >= 0.3 is 0 Å². The summed E-state index contributed by atoms with van der Waals surface area (Å²) < 4.78 is 17.0. The minimum absolute atomic E-state index is 0.508. The number of piperazine rings is 1. The second kappa shape index (κ2) is 11.0. The van der Waals surface area contributed by atoms with Crippen molar-refractivity contribution in [2.75, 3.05) is 50.2 Å². The van der Waals surface area contributed by atoms with Crippen molar-refractivity contribution in [3.8, 4) is 28.5 Å². The number of para-hydroxylation sites is 1. The van der Waals surface area contributed by atoms with Gasteiger partial charge in [-0.1, -0.05) is 42.5 Å². The first-order valence-electron chi connectivity index (χ1n) is 12.1. The highest BCUT2D eigenvalue weighted by molar-refractivity contribution is 5.69. The molecule has 3 aromatic carbocycles. The van der Waals surface area contributed by atoms with Crippen molar-refractivity contribution >= 4 is 11.5 Å². The number of nitrogens with zero attached hydrogens (tertiary/aromatic N) is 4. The summed E-state index contributed by atoms with van der Waals surface area (Å²) in [6, 6.07) is 26.3. The van der Waals surface area contributed by atoms with Crippen LogP contribution in [0.4, 0.5) is 11.5 Å². The lowest BCUT2D eigenvalue weighted by Crippen LogP contribution is -2.46. The molecular weight excluding hydrogens is 452 g/mol. The van der Waals surface area contributed by atoms with Crippen LogP contribution in [0.15, 0.2) is 85.2 Å². The fourth-order valence-corrected chi connectivity index (χ4v) is 4.42. The van der Waals surface area contributed by atoms with Gasteiger partial charge in [0.2, 0.25) is 0 Å². The summed E-state index contributed by atoms with van der Waals surface area (Å²) in [7, 11) is 3.32. The summed E-state index contributed by atoms with van der Waals surface area (Å²) in [4.78, 5) is 13.8. The summed E-state index contributed by atoms with van der Waals surface area (Å²) in [6.45, 7) is 3.99. The predicted octanol–water partition coefficient (Wildman–Crippen LogP) is 5.07. The van der Waals surface area contributed by atoms with Gasteiger partial charge < -0.3 is 24.0 Å². The zero-order valence-corrected chi connectivity index (χ0v) is 20.6. The highest BCUT2D eigenvalue weighted by Gasteiger charge is 2.20. The van der Waals surface area contributed by atoms with Crippen LogP contribution in [-0.4, -0.2) is 50.4 Å². The van der Waals surface area contributed by atoms with E-state index in [9.17, 15) is 0 Å². The van der Waals surface area contributed by atoms with E-state index in [1.807, 2.05) is 54.6 Å². The van der Waals surface area contributed by atoms with Crippen LogP contribution in [0.1, 0.15) is 5.56 Å². The molecule has 0 saturated carbocycles. The van der Waals surface area contributed by atoms with Crippen molar-refractivity contribution < 1.29 is 14.2 Å². The van der Waals surface area contributed by atoms with Gasteiger partial charge in [-0.2, -0.15) is 0 Å². The van der Waals surface area contributed by atoms with E-state index in [4.69, 9.17) is 14.2 Å². The first-order chi connectivity index (χ1) is 17.7. The van der Waals surface area contributed by atoms with Crippen LogP contribution in [-0.2, 0) is 6.61 Å². The van der Waals surface area contributed by atoms with Crippen molar-refractivity contribution in [1.82, 2.24) is 9.97 Å². The number of hydrogen-bond donors (Lipinski definition) is 0. The lowest BCUT2D eigenvalue weighted by molar-refractivity contribution is 0.307. The third kappa shape index (κ3) is 5.20. The largest absolute Gasteiger partial charge is 0.493 e. The molecule has 0 N–H and O–H groups in total. The Bertz CT molecular complexity index is 1290. The number of hydrogen-bond acceptors (Lipinski definition) is 7. The monoisotopic (exact) mass is 482 g/mol. The fraction of sp³-hybridized carbons (Fsp3) is 0.241. The Morgan fingerprint density at radius 3 is 2.19 bits per heavy atom. The van der Waals surface area contributed by atoms with Gasteiger partial charge in [0.25, 0.3) is 0 Å².